The quantitative estimate of drug-likeness (QED) is 0.636. The first-order valence-corrected chi connectivity index (χ1v) is 11.2. The van der Waals surface area contributed by atoms with Crippen molar-refractivity contribution < 1.29 is 4.79 Å². The molecule has 0 spiro atoms. The number of anilines is 1. The van der Waals surface area contributed by atoms with Gasteiger partial charge < -0.3 is 15.6 Å². The number of carbonyl (C=O) groups is 1. The first-order chi connectivity index (χ1) is 15.2. The van der Waals surface area contributed by atoms with E-state index in [4.69, 9.17) is 5.73 Å². The average molecular weight is 414 g/mol. The van der Waals surface area contributed by atoms with Crippen LogP contribution < -0.4 is 11.1 Å². The fourth-order valence-electron chi connectivity index (χ4n) is 4.40. The van der Waals surface area contributed by atoms with Gasteiger partial charge in [0.2, 0.25) is 0 Å². The number of benzene rings is 1. The van der Waals surface area contributed by atoms with Crippen LogP contribution in [0.15, 0.2) is 36.8 Å². The van der Waals surface area contributed by atoms with Crippen LogP contribution in [0.3, 0.4) is 0 Å². The minimum atomic E-state index is -0.0344. The summed E-state index contributed by atoms with van der Waals surface area (Å²) in [5.74, 6) is 7.55. The van der Waals surface area contributed by atoms with E-state index in [0.29, 0.717) is 23.3 Å². The molecule has 1 amide bonds. The number of nitrogen functional groups attached to an aromatic ring is 1. The molecule has 0 aliphatic heterocycles. The van der Waals surface area contributed by atoms with E-state index in [1.807, 2.05) is 24.3 Å². The smallest absolute Gasteiger partial charge is 0.251 e. The van der Waals surface area contributed by atoms with Gasteiger partial charge in [-0.2, -0.15) is 0 Å². The monoisotopic (exact) mass is 413 g/mol. The first-order valence-electron chi connectivity index (χ1n) is 11.2. The van der Waals surface area contributed by atoms with Gasteiger partial charge in [0.25, 0.3) is 5.91 Å². The summed E-state index contributed by atoms with van der Waals surface area (Å²) in [5, 5.41) is 3.83. The highest BCUT2D eigenvalue weighted by molar-refractivity contribution is 5.95. The van der Waals surface area contributed by atoms with Gasteiger partial charge in [-0.25, -0.2) is 9.97 Å². The van der Waals surface area contributed by atoms with Crippen LogP contribution in [-0.2, 0) is 6.54 Å². The van der Waals surface area contributed by atoms with E-state index < -0.39 is 0 Å². The number of carbonyl (C=O) groups excluding carboxylic acids is 1. The Balaban J connectivity index is 1.44. The Kier molecular flexibility index (Phi) is 5.33. The van der Waals surface area contributed by atoms with E-state index in [1.165, 1.54) is 38.4 Å². The van der Waals surface area contributed by atoms with Gasteiger partial charge in [-0.1, -0.05) is 37.2 Å². The van der Waals surface area contributed by atoms with Crippen molar-refractivity contribution in [3.05, 3.63) is 53.5 Å². The Hall–Kier alpha value is -3.33. The molecule has 0 atom stereocenters. The molecule has 0 radical (unpaired) electrons. The van der Waals surface area contributed by atoms with Gasteiger partial charge in [-0.05, 0) is 49.8 Å². The largest absolute Gasteiger partial charge is 0.383 e. The summed E-state index contributed by atoms with van der Waals surface area (Å²) in [6, 6.07) is 7.79. The molecule has 2 aromatic heterocycles. The molecule has 3 aromatic rings. The maximum absolute atomic E-state index is 12.3. The molecule has 6 heteroatoms. The lowest BCUT2D eigenvalue weighted by Gasteiger charge is -2.22. The van der Waals surface area contributed by atoms with Gasteiger partial charge in [0.05, 0.1) is 10.9 Å². The van der Waals surface area contributed by atoms with Gasteiger partial charge in [-0.3, -0.25) is 4.79 Å². The van der Waals surface area contributed by atoms with E-state index in [1.54, 1.807) is 0 Å². The molecule has 3 N–H and O–H groups in total. The van der Waals surface area contributed by atoms with Crippen LogP contribution in [0.1, 0.15) is 66.4 Å². The number of amides is 1. The molecule has 158 valence electrons. The van der Waals surface area contributed by atoms with E-state index >= 15 is 0 Å². The minimum absolute atomic E-state index is 0.0344. The fraction of sp³-hybridized carbons (Fsp3) is 0.400. The molecule has 2 aliphatic rings. The molecular formula is C25H27N5O. The predicted molar refractivity (Wildman–Crippen MR) is 121 cm³/mol. The van der Waals surface area contributed by atoms with Crippen LogP contribution in [0.25, 0.3) is 11.0 Å². The molecule has 2 aliphatic carbocycles. The molecule has 0 unspecified atom stereocenters. The second kappa shape index (κ2) is 8.43. The summed E-state index contributed by atoms with van der Waals surface area (Å²) in [6.45, 7) is 0.936. The highest BCUT2D eigenvalue weighted by Gasteiger charge is 2.23. The number of fused-ring (bicyclic) bond motifs is 1. The number of hydrogen-bond acceptors (Lipinski definition) is 4. The standard InChI is InChI=1S/C25H27N5O/c26-23-22-20(10-9-17-7-4-8-19(13-17)25(31)29-21-11-12-21)15-30(24(22)28-16-27-23)14-18-5-2-1-3-6-18/h4,7-8,13,15-16,18,21H,1-3,5-6,11-12,14H2,(H,29,31)(H2,26,27,28). The number of nitrogens with zero attached hydrogens (tertiary/aromatic N) is 3. The topological polar surface area (TPSA) is 85.8 Å². The lowest BCUT2D eigenvalue weighted by Crippen LogP contribution is -2.25. The Morgan fingerprint density at radius 1 is 1.13 bits per heavy atom. The molecule has 6 nitrogen and oxygen atoms in total. The Bertz CT molecular complexity index is 1180. The van der Waals surface area contributed by atoms with Crippen LogP contribution in [0.4, 0.5) is 5.82 Å². The zero-order valence-corrected chi connectivity index (χ0v) is 17.6. The SMILES string of the molecule is Nc1ncnc2c1c(C#Cc1cccc(C(=O)NC3CC3)c1)cn2CC1CCCCC1. The van der Waals surface area contributed by atoms with Gasteiger partial charge in [0.15, 0.2) is 0 Å². The van der Waals surface area contributed by atoms with E-state index in [9.17, 15) is 4.79 Å². The molecule has 2 fully saturated rings. The van der Waals surface area contributed by atoms with E-state index in [-0.39, 0.29) is 5.91 Å². The lowest BCUT2D eigenvalue weighted by atomic mass is 9.89. The molecule has 2 heterocycles. The summed E-state index contributed by atoms with van der Waals surface area (Å²) in [7, 11) is 0. The molecular weight excluding hydrogens is 386 g/mol. The molecule has 5 rings (SSSR count). The molecule has 0 saturated heterocycles. The summed E-state index contributed by atoms with van der Waals surface area (Å²) in [6.07, 6.45) is 12.2. The van der Waals surface area contributed by atoms with Crippen molar-refractivity contribution in [2.24, 2.45) is 5.92 Å². The van der Waals surface area contributed by atoms with Crippen molar-refractivity contribution in [3.8, 4) is 11.8 Å². The average Bonchev–Trinajstić information content (AvgIpc) is 3.54. The zero-order chi connectivity index (χ0) is 21.2. The summed E-state index contributed by atoms with van der Waals surface area (Å²) < 4.78 is 2.19. The van der Waals surface area contributed by atoms with Crippen LogP contribution in [0, 0.1) is 17.8 Å². The van der Waals surface area contributed by atoms with Crippen molar-refractivity contribution in [1.29, 1.82) is 0 Å². The Labute approximate surface area is 182 Å². The number of hydrogen-bond donors (Lipinski definition) is 2. The van der Waals surface area contributed by atoms with Gasteiger partial charge >= 0.3 is 0 Å². The number of nitrogens with one attached hydrogen (secondary N) is 1. The second-order valence-corrected chi connectivity index (χ2v) is 8.74. The third-order valence-corrected chi connectivity index (χ3v) is 6.24. The maximum Gasteiger partial charge on any atom is 0.251 e. The minimum Gasteiger partial charge on any atom is -0.383 e. The van der Waals surface area contributed by atoms with Crippen LogP contribution in [-0.4, -0.2) is 26.5 Å². The molecule has 1 aromatic carbocycles. The fourth-order valence-corrected chi connectivity index (χ4v) is 4.40. The lowest BCUT2D eigenvalue weighted by molar-refractivity contribution is 0.0951. The predicted octanol–water partition coefficient (Wildman–Crippen LogP) is 3.89. The molecule has 0 bridgehead atoms. The normalized spacial score (nSPS) is 16.6. The van der Waals surface area contributed by atoms with Crippen molar-refractivity contribution in [1.82, 2.24) is 19.9 Å². The van der Waals surface area contributed by atoms with Crippen molar-refractivity contribution >= 4 is 22.8 Å². The zero-order valence-electron chi connectivity index (χ0n) is 17.6. The number of nitrogens with two attached hydrogens (primary N) is 1. The summed E-state index contributed by atoms with van der Waals surface area (Å²) >= 11 is 0. The van der Waals surface area contributed by atoms with E-state index in [0.717, 1.165) is 41.5 Å². The van der Waals surface area contributed by atoms with Gasteiger partial charge in [-0.15, -0.1) is 0 Å². The van der Waals surface area contributed by atoms with Gasteiger partial charge in [0, 0.05) is 29.9 Å². The summed E-state index contributed by atoms with van der Waals surface area (Å²) in [5.41, 5.74) is 9.32. The van der Waals surface area contributed by atoms with Crippen molar-refractivity contribution in [2.45, 2.75) is 57.5 Å². The number of aromatic nitrogens is 3. The van der Waals surface area contributed by atoms with Crippen LogP contribution in [0.2, 0.25) is 0 Å². The Morgan fingerprint density at radius 2 is 1.97 bits per heavy atom. The second-order valence-electron chi connectivity index (χ2n) is 8.74. The molecule has 2 saturated carbocycles. The Morgan fingerprint density at radius 3 is 2.77 bits per heavy atom. The van der Waals surface area contributed by atoms with Gasteiger partial charge in [0.1, 0.15) is 17.8 Å². The number of rotatable bonds is 4. The van der Waals surface area contributed by atoms with Crippen LogP contribution >= 0.6 is 0 Å². The highest BCUT2D eigenvalue weighted by atomic mass is 16.1. The highest BCUT2D eigenvalue weighted by Crippen LogP contribution is 2.29. The summed E-state index contributed by atoms with van der Waals surface area (Å²) in [4.78, 5) is 21.0. The third kappa shape index (κ3) is 4.41. The maximum atomic E-state index is 12.3. The third-order valence-electron chi connectivity index (χ3n) is 6.24. The molecule has 31 heavy (non-hydrogen) atoms. The van der Waals surface area contributed by atoms with Crippen molar-refractivity contribution in [3.63, 3.8) is 0 Å². The first kappa shape index (κ1) is 19.6. The van der Waals surface area contributed by atoms with E-state index in [2.05, 4.69) is 37.9 Å². The van der Waals surface area contributed by atoms with Crippen LogP contribution in [0.5, 0.6) is 0 Å². The van der Waals surface area contributed by atoms with Crippen molar-refractivity contribution in [2.75, 3.05) is 5.73 Å².